The highest BCUT2D eigenvalue weighted by molar-refractivity contribution is 5.79. The molecule has 3 heteroatoms. The summed E-state index contributed by atoms with van der Waals surface area (Å²) >= 11 is 0. The van der Waals surface area contributed by atoms with Gasteiger partial charge in [0.2, 0.25) is 5.91 Å². The lowest BCUT2D eigenvalue weighted by Gasteiger charge is -2.36. The SMILES string of the molecule is CCN(CC)C(=O)C1CCCN(CC2CC3C=CC2C3)C1. The molecular formula is C18H30N2O. The maximum absolute atomic E-state index is 12.6. The van der Waals surface area contributed by atoms with Crippen molar-refractivity contribution in [1.29, 1.82) is 0 Å². The lowest BCUT2D eigenvalue weighted by molar-refractivity contribution is -0.137. The zero-order chi connectivity index (χ0) is 14.8. The Morgan fingerprint density at radius 1 is 1.24 bits per heavy atom. The number of carbonyl (C=O) groups excluding carboxylic acids is 1. The van der Waals surface area contributed by atoms with Crippen LogP contribution < -0.4 is 0 Å². The van der Waals surface area contributed by atoms with Gasteiger partial charge in [-0.1, -0.05) is 12.2 Å². The van der Waals surface area contributed by atoms with Crippen LogP contribution >= 0.6 is 0 Å². The minimum Gasteiger partial charge on any atom is -0.343 e. The van der Waals surface area contributed by atoms with Crippen LogP contribution in [0, 0.1) is 23.7 Å². The van der Waals surface area contributed by atoms with Crippen molar-refractivity contribution in [3.63, 3.8) is 0 Å². The van der Waals surface area contributed by atoms with Crippen LogP contribution in [0.1, 0.15) is 39.5 Å². The molecule has 2 bridgehead atoms. The van der Waals surface area contributed by atoms with E-state index in [-0.39, 0.29) is 5.92 Å². The van der Waals surface area contributed by atoms with Crippen LogP contribution in [0.5, 0.6) is 0 Å². The van der Waals surface area contributed by atoms with Crippen molar-refractivity contribution in [2.24, 2.45) is 23.7 Å². The highest BCUT2D eigenvalue weighted by Crippen LogP contribution is 2.43. The fraction of sp³-hybridized carbons (Fsp3) is 0.833. The van der Waals surface area contributed by atoms with Crippen LogP contribution in [-0.4, -0.2) is 48.4 Å². The Hall–Kier alpha value is -0.830. The van der Waals surface area contributed by atoms with Gasteiger partial charge in [-0.3, -0.25) is 4.79 Å². The van der Waals surface area contributed by atoms with Crippen molar-refractivity contribution in [1.82, 2.24) is 9.80 Å². The summed E-state index contributed by atoms with van der Waals surface area (Å²) in [5.74, 6) is 3.17. The molecule has 2 fully saturated rings. The molecule has 118 valence electrons. The third-order valence-corrected chi connectivity index (χ3v) is 5.84. The average Bonchev–Trinajstić information content (AvgIpc) is 3.11. The van der Waals surface area contributed by atoms with E-state index in [2.05, 4.69) is 30.9 Å². The van der Waals surface area contributed by atoms with Crippen molar-refractivity contribution in [2.45, 2.75) is 39.5 Å². The molecule has 4 unspecified atom stereocenters. The summed E-state index contributed by atoms with van der Waals surface area (Å²) in [6.07, 6.45) is 9.91. The molecule has 0 aromatic rings. The van der Waals surface area contributed by atoms with E-state index in [9.17, 15) is 4.79 Å². The summed E-state index contributed by atoms with van der Waals surface area (Å²) in [6.45, 7) is 9.28. The second-order valence-electron chi connectivity index (χ2n) is 7.15. The molecule has 0 spiro atoms. The largest absolute Gasteiger partial charge is 0.343 e. The second kappa shape index (κ2) is 6.51. The number of piperidine rings is 1. The minimum absolute atomic E-state index is 0.243. The van der Waals surface area contributed by atoms with E-state index in [1.54, 1.807) is 0 Å². The van der Waals surface area contributed by atoms with E-state index < -0.39 is 0 Å². The topological polar surface area (TPSA) is 23.6 Å². The van der Waals surface area contributed by atoms with E-state index in [4.69, 9.17) is 0 Å². The van der Waals surface area contributed by atoms with Crippen molar-refractivity contribution < 1.29 is 4.79 Å². The molecule has 1 amide bonds. The Bertz CT molecular complexity index is 402. The van der Waals surface area contributed by atoms with Crippen LogP contribution in [0.4, 0.5) is 0 Å². The number of hydrogen-bond acceptors (Lipinski definition) is 2. The van der Waals surface area contributed by atoms with Gasteiger partial charge in [-0.05, 0) is 63.8 Å². The molecule has 0 N–H and O–H groups in total. The van der Waals surface area contributed by atoms with Gasteiger partial charge in [-0.25, -0.2) is 0 Å². The Morgan fingerprint density at radius 2 is 2.05 bits per heavy atom. The first-order chi connectivity index (χ1) is 10.2. The van der Waals surface area contributed by atoms with Crippen LogP contribution in [-0.2, 0) is 4.79 Å². The standard InChI is InChI=1S/C18H30N2O/c1-3-20(4-2)18(21)16-6-5-9-19(12-16)13-17-11-14-7-8-15(17)10-14/h7-8,14-17H,3-6,9-13H2,1-2H3. The predicted octanol–water partition coefficient (Wildman–Crippen LogP) is 2.78. The number of likely N-dealkylation sites (tertiary alicyclic amines) is 1. The maximum atomic E-state index is 12.6. The number of carbonyl (C=O) groups is 1. The average molecular weight is 290 g/mol. The van der Waals surface area contributed by atoms with E-state index in [1.165, 1.54) is 32.4 Å². The zero-order valence-electron chi connectivity index (χ0n) is 13.6. The monoisotopic (exact) mass is 290 g/mol. The molecule has 3 aliphatic rings. The number of hydrogen-bond donors (Lipinski definition) is 0. The Kier molecular flexibility index (Phi) is 4.68. The van der Waals surface area contributed by atoms with Gasteiger partial charge in [-0.2, -0.15) is 0 Å². The van der Waals surface area contributed by atoms with Crippen molar-refractivity contribution >= 4 is 5.91 Å². The molecule has 3 rings (SSSR count). The van der Waals surface area contributed by atoms with Gasteiger partial charge in [0.1, 0.15) is 0 Å². The fourth-order valence-corrected chi connectivity index (χ4v) is 4.65. The number of fused-ring (bicyclic) bond motifs is 2. The van der Waals surface area contributed by atoms with E-state index in [0.717, 1.165) is 43.8 Å². The molecule has 2 aliphatic carbocycles. The molecule has 3 nitrogen and oxygen atoms in total. The third-order valence-electron chi connectivity index (χ3n) is 5.84. The van der Waals surface area contributed by atoms with Crippen LogP contribution in [0.25, 0.3) is 0 Å². The molecular weight excluding hydrogens is 260 g/mol. The lowest BCUT2D eigenvalue weighted by atomic mass is 9.90. The first kappa shape index (κ1) is 15.1. The molecule has 0 aromatic heterocycles. The Labute approximate surface area is 129 Å². The van der Waals surface area contributed by atoms with Gasteiger partial charge < -0.3 is 9.80 Å². The summed E-state index contributed by atoms with van der Waals surface area (Å²) < 4.78 is 0. The van der Waals surface area contributed by atoms with Gasteiger partial charge in [0.25, 0.3) is 0 Å². The highest BCUT2D eigenvalue weighted by atomic mass is 16.2. The summed E-state index contributed by atoms with van der Waals surface area (Å²) in [5.41, 5.74) is 0. The Balaban J connectivity index is 1.53. The lowest BCUT2D eigenvalue weighted by Crippen LogP contribution is -2.46. The van der Waals surface area contributed by atoms with Crippen LogP contribution in [0.3, 0.4) is 0 Å². The van der Waals surface area contributed by atoms with Gasteiger partial charge >= 0.3 is 0 Å². The highest BCUT2D eigenvalue weighted by Gasteiger charge is 2.37. The number of nitrogens with zero attached hydrogens (tertiary/aromatic N) is 2. The van der Waals surface area contributed by atoms with Crippen molar-refractivity contribution in [3.8, 4) is 0 Å². The molecule has 1 saturated heterocycles. The van der Waals surface area contributed by atoms with Gasteiger partial charge in [0.05, 0.1) is 5.92 Å². The zero-order valence-corrected chi connectivity index (χ0v) is 13.6. The number of rotatable bonds is 5. The normalized spacial score (nSPS) is 35.3. The quantitative estimate of drug-likeness (QED) is 0.727. The summed E-state index contributed by atoms with van der Waals surface area (Å²) in [6, 6.07) is 0. The summed E-state index contributed by atoms with van der Waals surface area (Å²) in [7, 11) is 0. The summed E-state index contributed by atoms with van der Waals surface area (Å²) in [4.78, 5) is 17.1. The molecule has 0 radical (unpaired) electrons. The first-order valence-electron chi connectivity index (χ1n) is 8.90. The smallest absolute Gasteiger partial charge is 0.226 e. The maximum Gasteiger partial charge on any atom is 0.226 e. The molecule has 4 atom stereocenters. The number of amides is 1. The van der Waals surface area contributed by atoms with E-state index >= 15 is 0 Å². The minimum atomic E-state index is 0.243. The van der Waals surface area contributed by atoms with E-state index in [1.807, 2.05) is 4.90 Å². The fourth-order valence-electron chi connectivity index (χ4n) is 4.65. The molecule has 0 aromatic carbocycles. The second-order valence-corrected chi connectivity index (χ2v) is 7.15. The molecule has 21 heavy (non-hydrogen) atoms. The predicted molar refractivity (Wildman–Crippen MR) is 85.9 cm³/mol. The van der Waals surface area contributed by atoms with Gasteiger partial charge in [0.15, 0.2) is 0 Å². The van der Waals surface area contributed by atoms with Crippen molar-refractivity contribution in [3.05, 3.63) is 12.2 Å². The first-order valence-corrected chi connectivity index (χ1v) is 8.90. The van der Waals surface area contributed by atoms with Gasteiger partial charge in [0, 0.05) is 26.2 Å². The molecule has 1 aliphatic heterocycles. The summed E-state index contributed by atoms with van der Waals surface area (Å²) in [5, 5.41) is 0. The van der Waals surface area contributed by atoms with Crippen molar-refractivity contribution in [2.75, 3.05) is 32.7 Å². The number of allylic oxidation sites excluding steroid dienone is 2. The molecule has 1 heterocycles. The van der Waals surface area contributed by atoms with Crippen LogP contribution in [0.15, 0.2) is 12.2 Å². The Morgan fingerprint density at radius 3 is 2.67 bits per heavy atom. The van der Waals surface area contributed by atoms with Gasteiger partial charge in [-0.15, -0.1) is 0 Å². The van der Waals surface area contributed by atoms with E-state index in [0.29, 0.717) is 5.91 Å². The van der Waals surface area contributed by atoms with Crippen LogP contribution in [0.2, 0.25) is 0 Å². The third kappa shape index (κ3) is 3.18. The molecule has 1 saturated carbocycles.